The average Bonchev–Trinajstić information content (AvgIpc) is 2.72. The number of aromatic nitrogens is 2. The summed E-state index contributed by atoms with van der Waals surface area (Å²) in [6.07, 6.45) is 3.24. The van der Waals surface area contributed by atoms with E-state index in [4.69, 9.17) is 6.57 Å². The lowest BCUT2D eigenvalue weighted by Gasteiger charge is -2.49. The van der Waals surface area contributed by atoms with Gasteiger partial charge in [0.2, 0.25) is 5.70 Å². The largest absolute Gasteiger partial charge is 0.307 e. The molecule has 0 saturated heterocycles. The van der Waals surface area contributed by atoms with E-state index in [1.165, 1.54) is 4.68 Å². The summed E-state index contributed by atoms with van der Waals surface area (Å²) in [7, 11) is 1.71. The molecule has 3 rings (SSSR count). The summed E-state index contributed by atoms with van der Waals surface area (Å²) in [5.74, 6) is 0.00949. The number of hydrogen-bond acceptors (Lipinski definition) is 2. The van der Waals surface area contributed by atoms with Gasteiger partial charge in [0.15, 0.2) is 5.78 Å². The van der Waals surface area contributed by atoms with Crippen LogP contribution in [0.4, 0.5) is 0 Å². The fourth-order valence-corrected chi connectivity index (χ4v) is 4.24. The van der Waals surface area contributed by atoms with Gasteiger partial charge in [-0.2, -0.15) is 0 Å². The van der Waals surface area contributed by atoms with Crippen molar-refractivity contribution in [3.63, 3.8) is 0 Å². The second-order valence-corrected chi connectivity index (χ2v) is 6.90. The molecule has 0 bridgehead atoms. The Bertz CT molecular complexity index is 772. The summed E-state index contributed by atoms with van der Waals surface area (Å²) in [5.41, 5.74) is 0.794. The number of carbonyl (C=O) groups is 1. The first-order valence-corrected chi connectivity index (χ1v) is 7.17. The van der Waals surface area contributed by atoms with E-state index in [1.807, 2.05) is 20.8 Å². The number of nitrogens with zero attached hydrogens (tertiary/aromatic N) is 2. The Kier molecular flexibility index (Phi) is 2.62. The Labute approximate surface area is 123 Å². The van der Waals surface area contributed by atoms with Crippen LogP contribution in [0, 0.1) is 17.9 Å². The molecule has 0 radical (unpaired) electrons. The lowest BCUT2D eigenvalue weighted by atomic mass is 9.53. The molecule has 1 aromatic heterocycles. The van der Waals surface area contributed by atoms with Crippen LogP contribution in [-0.4, -0.2) is 15.6 Å². The molecule has 5 nitrogen and oxygen atoms in total. The number of carbonyl (C=O) groups excluding carboxylic acids is 1. The average molecular weight is 285 g/mol. The van der Waals surface area contributed by atoms with Crippen LogP contribution >= 0.6 is 0 Å². The van der Waals surface area contributed by atoms with Gasteiger partial charge in [0.1, 0.15) is 0 Å². The minimum atomic E-state index is -0.589. The Morgan fingerprint density at radius 1 is 1.38 bits per heavy atom. The van der Waals surface area contributed by atoms with Crippen molar-refractivity contribution in [2.24, 2.45) is 18.4 Å². The predicted molar refractivity (Wildman–Crippen MR) is 78.7 cm³/mol. The van der Waals surface area contributed by atoms with Crippen molar-refractivity contribution in [2.45, 2.75) is 39.0 Å². The first-order chi connectivity index (χ1) is 9.73. The molecule has 2 atom stereocenters. The van der Waals surface area contributed by atoms with Crippen molar-refractivity contribution in [2.75, 3.05) is 0 Å². The molecule has 0 spiro atoms. The SMILES string of the molecule is [C-]#[N+]C1=C[C@]2(C)c3[nH]n(C)c(=O)c3CC[C@H]2C(C)(C)C1=O. The zero-order valence-electron chi connectivity index (χ0n) is 12.8. The van der Waals surface area contributed by atoms with E-state index in [9.17, 15) is 9.59 Å². The molecule has 1 N–H and O–H groups in total. The van der Waals surface area contributed by atoms with Crippen molar-refractivity contribution in [1.82, 2.24) is 9.78 Å². The van der Waals surface area contributed by atoms with Crippen LogP contribution in [0.25, 0.3) is 4.85 Å². The molecule has 5 heteroatoms. The maximum absolute atomic E-state index is 12.5. The fraction of sp³-hybridized carbons (Fsp3) is 0.562. The summed E-state index contributed by atoms with van der Waals surface area (Å²) in [6.45, 7) is 13.2. The molecule has 1 heterocycles. The maximum atomic E-state index is 12.5. The standard InChI is InChI=1S/C16H19N3O2/c1-15(2)11-7-6-9-12(18-19(5)14(9)21)16(11,3)8-10(17-4)13(15)20/h8,11,18H,6-7H2,1-3,5H3/t11-,16-/m0/s1. The van der Waals surface area contributed by atoms with Gasteiger partial charge >= 0.3 is 0 Å². The van der Waals surface area contributed by atoms with Crippen LogP contribution in [0.1, 0.15) is 38.4 Å². The van der Waals surface area contributed by atoms with E-state index in [-0.39, 0.29) is 23.0 Å². The van der Waals surface area contributed by atoms with Gasteiger partial charge in [-0.15, -0.1) is 0 Å². The van der Waals surface area contributed by atoms with Crippen LogP contribution in [0.5, 0.6) is 0 Å². The number of hydrogen-bond donors (Lipinski definition) is 1. The van der Waals surface area contributed by atoms with Crippen LogP contribution in [0.2, 0.25) is 0 Å². The first kappa shape index (κ1) is 13.9. The molecule has 110 valence electrons. The third-order valence-corrected chi connectivity index (χ3v) is 5.34. The molecule has 21 heavy (non-hydrogen) atoms. The predicted octanol–water partition coefficient (Wildman–Crippen LogP) is 1.95. The van der Waals surface area contributed by atoms with Gasteiger partial charge in [0.05, 0.1) is 6.57 Å². The Hall–Kier alpha value is -2.09. The first-order valence-electron chi connectivity index (χ1n) is 7.17. The quantitative estimate of drug-likeness (QED) is 0.741. The van der Waals surface area contributed by atoms with Gasteiger partial charge < -0.3 is 4.79 Å². The molecule has 1 aromatic rings. The molecule has 0 unspecified atom stereocenters. The van der Waals surface area contributed by atoms with Crippen LogP contribution in [0.15, 0.2) is 16.6 Å². The van der Waals surface area contributed by atoms with Gasteiger partial charge in [0, 0.05) is 29.1 Å². The van der Waals surface area contributed by atoms with Gasteiger partial charge in [-0.25, -0.2) is 4.85 Å². The molecule has 0 aromatic carbocycles. The van der Waals surface area contributed by atoms with Crippen molar-refractivity contribution < 1.29 is 4.79 Å². The summed E-state index contributed by atoms with van der Waals surface area (Å²) in [4.78, 5) is 28.1. The lowest BCUT2D eigenvalue weighted by molar-refractivity contribution is -0.128. The summed E-state index contributed by atoms with van der Waals surface area (Å²) < 4.78 is 1.49. The van der Waals surface area contributed by atoms with E-state index in [1.54, 1.807) is 13.1 Å². The number of H-pyrrole nitrogens is 1. The van der Waals surface area contributed by atoms with E-state index in [0.717, 1.165) is 17.7 Å². The number of allylic oxidation sites excluding steroid dienone is 2. The van der Waals surface area contributed by atoms with E-state index in [0.29, 0.717) is 6.42 Å². The number of nitrogens with one attached hydrogen (secondary N) is 1. The Morgan fingerprint density at radius 2 is 2.05 bits per heavy atom. The second kappa shape index (κ2) is 3.97. The molecule has 0 fully saturated rings. The number of aromatic amines is 1. The molecule has 2 aliphatic carbocycles. The van der Waals surface area contributed by atoms with Crippen molar-refractivity contribution in [1.29, 1.82) is 0 Å². The third-order valence-electron chi connectivity index (χ3n) is 5.34. The van der Waals surface area contributed by atoms with Crippen LogP contribution < -0.4 is 5.56 Å². The van der Waals surface area contributed by atoms with Gasteiger partial charge in [-0.05, 0) is 18.8 Å². The lowest BCUT2D eigenvalue weighted by Crippen LogP contribution is -2.51. The number of fused-ring (bicyclic) bond motifs is 3. The minimum absolute atomic E-state index is 0.00265. The maximum Gasteiger partial charge on any atom is 0.269 e. The number of Topliss-reactive ketones (excluding diaryl/α,β-unsaturated/α-hetero) is 1. The van der Waals surface area contributed by atoms with Crippen molar-refractivity contribution in [3.05, 3.63) is 44.8 Å². The van der Waals surface area contributed by atoms with E-state index >= 15 is 0 Å². The van der Waals surface area contributed by atoms with Gasteiger partial charge in [-0.3, -0.25) is 14.6 Å². The van der Waals surface area contributed by atoms with E-state index in [2.05, 4.69) is 9.94 Å². The molecule has 0 aliphatic heterocycles. The second-order valence-electron chi connectivity index (χ2n) is 6.90. The van der Waals surface area contributed by atoms with E-state index < -0.39 is 10.8 Å². The smallest absolute Gasteiger partial charge is 0.269 e. The zero-order valence-corrected chi connectivity index (χ0v) is 12.8. The molecule has 0 amide bonds. The monoisotopic (exact) mass is 285 g/mol. The normalized spacial score (nSPS) is 30.1. The number of aryl methyl sites for hydroxylation is 1. The highest BCUT2D eigenvalue weighted by molar-refractivity contribution is 6.02. The van der Waals surface area contributed by atoms with Crippen molar-refractivity contribution >= 4 is 5.78 Å². The number of rotatable bonds is 0. The molecule has 2 aliphatic rings. The highest BCUT2D eigenvalue weighted by Crippen LogP contribution is 2.53. The highest BCUT2D eigenvalue weighted by Gasteiger charge is 2.54. The molecular formula is C16H19N3O2. The molecule has 0 saturated carbocycles. The Morgan fingerprint density at radius 3 is 2.67 bits per heavy atom. The summed E-state index contributed by atoms with van der Waals surface area (Å²) in [5, 5.41) is 3.15. The summed E-state index contributed by atoms with van der Waals surface area (Å²) >= 11 is 0. The zero-order chi connectivity index (χ0) is 15.6. The minimum Gasteiger partial charge on any atom is -0.307 e. The summed E-state index contributed by atoms with van der Waals surface area (Å²) in [6, 6.07) is 0. The third kappa shape index (κ3) is 1.56. The van der Waals surface area contributed by atoms with Crippen LogP contribution in [0.3, 0.4) is 0 Å². The van der Waals surface area contributed by atoms with Crippen LogP contribution in [-0.2, 0) is 23.7 Å². The topological polar surface area (TPSA) is 59.2 Å². The van der Waals surface area contributed by atoms with Gasteiger partial charge in [-0.1, -0.05) is 26.8 Å². The number of ketones is 1. The van der Waals surface area contributed by atoms with Gasteiger partial charge in [0.25, 0.3) is 5.56 Å². The fourth-order valence-electron chi connectivity index (χ4n) is 4.24. The molecular weight excluding hydrogens is 266 g/mol. The highest BCUT2D eigenvalue weighted by atomic mass is 16.1. The Balaban J connectivity index is 2.33. The van der Waals surface area contributed by atoms with Crippen molar-refractivity contribution in [3.8, 4) is 0 Å².